The molecule has 3 N–H and O–H groups in total. The number of rotatable bonds is 3. The smallest absolute Gasteiger partial charge is 0.0718 e. The zero-order valence-corrected chi connectivity index (χ0v) is 9.42. The lowest BCUT2D eigenvalue weighted by Gasteiger charge is -2.14. The van der Waals surface area contributed by atoms with Crippen molar-refractivity contribution < 1.29 is 0 Å². The summed E-state index contributed by atoms with van der Waals surface area (Å²) in [6.45, 7) is 2.10. The molecule has 1 aromatic heterocycles. The Morgan fingerprint density at radius 3 is 2.47 bits per heavy atom. The van der Waals surface area contributed by atoms with Crippen LogP contribution in [-0.2, 0) is 0 Å². The highest BCUT2D eigenvalue weighted by atomic mass is 32.1. The second-order valence-electron chi connectivity index (χ2n) is 3.50. The highest BCUT2D eigenvalue weighted by Crippen LogP contribution is 2.25. The number of hydrazine groups is 1. The monoisotopic (exact) mass is 218 g/mol. The lowest BCUT2D eigenvalue weighted by atomic mass is 10.0. The molecule has 0 fully saturated rings. The minimum atomic E-state index is 0.0937. The van der Waals surface area contributed by atoms with E-state index < -0.39 is 0 Å². The molecule has 0 radical (unpaired) electrons. The summed E-state index contributed by atoms with van der Waals surface area (Å²) in [5.41, 5.74) is 5.28. The topological polar surface area (TPSA) is 38.0 Å². The van der Waals surface area contributed by atoms with E-state index in [1.54, 1.807) is 11.3 Å². The van der Waals surface area contributed by atoms with Crippen LogP contribution in [0.15, 0.2) is 41.8 Å². The Kier molecular flexibility index (Phi) is 3.16. The lowest BCUT2D eigenvalue weighted by Crippen LogP contribution is -2.28. The lowest BCUT2D eigenvalue weighted by molar-refractivity contribution is 0.638. The fourth-order valence-corrected chi connectivity index (χ4v) is 2.38. The van der Waals surface area contributed by atoms with Crippen LogP contribution in [0, 0.1) is 6.92 Å². The number of benzene rings is 1. The molecule has 0 bridgehead atoms. The van der Waals surface area contributed by atoms with Crippen molar-refractivity contribution in [1.29, 1.82) is 0 Å². The minimum absolute atomic E-state index is 0.0937. The van der Waals surface area contributed by atoms with Crippen molar-refractivity contribution in [2.24, 2.45) is 5.84 Å². The molecule has 78 valence electrons. The zero-order valence-electron chi connectivity index (χ0n) is 8.60. The fraction of sp³-hybridized carbons (Fsp3) is 0.167. The first kappa shape index (κ1) is 10.4. The largest absolute Gasteiger partial charge is 0.271 e. The molecule has 0 amide bonds. The van der Waals surface area contributed by atoms with Gasteiger partial charge in [0.2, 0.25) is 0 Å². The van der Waals surface area contributed by atoms with Gasteiger partial charge in [-0.05, 0) is 29.5 Å². The molecule has 3 heteroatoms. The summed E-state index contributed by atoms with van der Waals surface area (Å²) < 4.78 is 0. The summed E-state index contributed by atoms with van der Waals surface area (Å²) in [4.78, 5) is 1.31. The Morgan fingerprint density at radius 1 is 1.20 bits per heavy atom. The van der Waals surface area contributed by atoms with Crippen LogP contribution in [0.5, 0.6) is 0 Å². The van der Waals surface area contributed by atoms with E-state index in [1.165, 1.54) is 16.0 Å². The Morgan fingerprint density at radius 2 is 1.93 bits per heavy atom. The van der Waals surface area contributed by atoms with Crippen molar-refractivity contribution >= 4 is 11.3 Å². The van der Waals surface area contributed by atoms with Crippen LogP contribution in [0.25, 0.3) is 0 Å². The van der Waals surface area contributed by atoms with E-state index >= 15 is 0 Å². The molecule has 1 atom stereocenters. The van der Waals surface area contributed by atoms with Gasteiger partial charge in [0.15, 0.2) is 0 Å². The average Bonchev–Trinajstić information content (AvgIpc) is 2.68. The predicted molar refractivity (Wildman–Crippen MR) is 64.7 cm³/mol. The molecular formula is C12H14N2S. The minimum Gasteiger partial charge on any atom is -0.271 e. The van der Waals surface area contributed by atoms with Crippen LogP contribution in [0.2, 0.25) is 0 Å². The van der Waals surface area contributed by atoms with E-state index in [1.807, 2.05) is 18.2 Å². The van der Waals surface area contributed by atoms with E-state index in [0.717, 1.165) is 0 Å². The Balaban J connectivity index is 2.33. The summed E-state index contributed by atoms with van der Waals surface area (Å²) >= 11 is 1.75. The molecular weight excluding hydrogens is 204 g/mol. The summed E-state index contributed by atoms with van der Waals surface area (Å²) in [5, 5.41) is 2.15. The van der Waals surface area contributed by atoms with Crippen LogP contribution in [0.3, 0.4) is 0 Å². The molecule has 2 rings (SSSR count). The molecule has 0 aliphatic carbocycles. The molecule has 15 heavy (non-hydrogen) atoms. The van der Waals surface area contributed by atoms with Crippen molar-refractivity contribution in [2.45, 2.75) is 13.0 Å². The molecule has 1 heterocycles. The van der Waals surface area contributed by atoms with Gasteiger partial charge in [0.1, 0.15) is 0 Å². The molecule has 2 aromatic rings. The van der Waals surface area contributed by atoms with Gasteiger partial charge in [-0.3, -0.25) is 5.84 Å². The van der Waals surface area contributed by atoms with Crippen molar-refractivity contribution in [1.82, 2.24) is 5.43 Å². The molecule has 1 aromatic carbocycles. The van der Waals surface area contributed by atoms with Crippen LogP contribution in [-0.4, -0.2) is 0 Å². The van der Waals surface area contributed by atoms with Gasteiger partial charge in [0.05, 0.1) is 6.04 Å². The first-order chi connectivity index (χ1) is 7.31. The maximum absolute atomic E-state index is 5.60. The Hall–Kier alpha value is -1.16. The highest BCUT2D eigenvalue weighted by molar-refractivity contribution is 7.10. The van der Waals surface area contributed by atoms with Gasteiger partial charge in [-0.1, -0.05) is 30.3 Å². The Bertz CT molecular complexity index is 422. The third kappa shape index (κ3) is 2.26. The number of hydrogen-bond donors (Lipinski definition) is 2. The van der Waals surface area contributed by atoms with Gasteiger partial charge in [0.25, 0.3) is 0 Å². The normalized spacial score (nSPS) is 12.7. The standard InChI is InChI=1S/C12H14N2S/c1-9-7-11(8-15-9)12(14-13)10-5-3-2-4-6-10/h2-8,12,14H,13H2,1H3. The molecule has 2 nitrogen and oxygen atoms in total. The summed E-state index contributed by atoms with van der Waals surface area (Å²) in [6.07, 6.45) is 0. The average molecular weight is 218 g/mol. The SMILES string of the molecule is Cc1cc(C(NN)c2ccccc2)cs1. The summed E-state index contributed by atoms with van der Waals surface area (Å²) in [5.74, 6) is 5.60. The van der Waals surface area contributed by atoms with Crippen LogP contribution in [0.1, 0.15) is 22.0 Å². The molecule has 0 saturated heterocycles. The van der Waals surface area contributed by atoms with Crippen molar-refractivity contribution in [3.8, 4) is 0 Å². The number of hydrogen-bond acceptors (Lipinski definition) is 3. The third-order valence-electron chi connectivity index (χ3n) is 2.38. The van der Waals surface area contributed by atoms with E-state index in [-0.39, 0.29) is 6.04 Å². The van der Waals surface area contributed by atoms with Crippen molar-refractivity contribution in [3.05, 3.63) is 57.8 Å². The van der Waals surface area contributed by atoms with E-state index in [2.05, 4.69) is 35.9 Å². The van der Waals surface area contributed by atoms with Gasteiger partial charge in [-0.25, -0.2) is 5.43 Å². The maximum Gasteiger partial charge on any atom is 0.0718 e. The number of nitrogens with two attached hydrogens (primary N) is 1. The van der Waals surface area contributed by atoms with Crippen LogP contribution in [0.4, 0.5) is 0 Å². The number of aryl methyl sites for hydroxylation is 1. The first-order valence-electron chi connectivity index (χ1n) is 4.87. The second-order valence-corrected chi connectivity index (χ2v) is 4.62. The van der Waals surface area contributed by atoms with Crippen molar-refractivity contribution in [3.63, 3.8) is 0 Å². The fourth-order valence-electron chi connectivity index (χ4n) is 1.65. The van der Waals surface area contributed by atoms with Crippen LogP contribution < -0.4 is 11.3 Å². The predicted octanol–water partition coefficient (Wildman–Crippen LogP) is 2.61. The summed E-state index contributed by atoms with van der Waals surface area (Å²) in [7, 11) is 0. The van der Waals surface area contributed by atoms with Crippen molar-refractivity contribution in [2.75, 3.05) is 0 Å². The quantitative estimate of drug-likeness (QED) is 0.614. The molecule has 0 spiro atoms. The maximum atomic E-state index is 5.60. The Labute approximate surface area is 93.7 Å². The van der Waals surface area contributed by atoms with Gasteiger partial charge in [0, 0.05) is 4.88 Å². The second kappa shape index (κ2) is 4.57. The number of nitrogens with one attached hydrogen (secondary N) is 1. The van der Waals surface area contributed by atoms with Crippen LogP contribution >= 0.6 is 11.3 Å². The van der Waals surface area contributed by atoms with Gasteiger partial charge >= 0.3 is 0 Å². The molecule has 1 unspecified atom stereocenters. The van der Waals surface area contributed by atoms with E-state index in [9.17, 15) is 0 Å². The highest BCUT2D eigenvalue weighted by Gasteiger charge is 2.12. The number of thiophene rings is 1. The van der Waals surface area contributed by atoms with E-state index in [4.69, 9.17) is 5.84 Å². The zero-order chi connectivity index (χ0) is 10.7. The molecule has 0 aliphatic rings. The molecule has 0 saturated carbocycles. The third-order valence-corrected chi connectivity index (χ3v) is 3.26. The van der Waals surface area contributed by atoms with E-state index in [0.29, 0.717) is 0 Å². The summed E-state index contributed by atoms with van der Waals surface area (Å²) in [6, 6.07) is 12.5. The molecule has 0 aliphatic heterocycles. The first-order valence-corrected chi connectivity index (χ1v) is 5.75. The van der Waals surface area contributed by atoms with Gasteiger partial charge < -0.3 is 0 Å². The van der Waals surface area contributed by atoms with Gasteiger partial charge in [-0.2, -0.15) is 0 Å². The van der Waals surface area contributed by atoms with Gasteiger partial charge in [-0.15, -0.1) is 11.3 Å².